The van der Waals surface area contributed by atoms with Crippen LogP contribution in [0.1, 0.15) is 22.3 Å². The van der Waals surface area contributed by atoms with Crippen LogP contribution in [0.25, 0.3) is 11.1 Å². The van der Waals surface area contributed by atoms with Gasteiger partial charge in [0.25, 0.3) is 5.91 Å². The van der Waals surface area contributed by atoms with Gasteiger partial charge in [-0.2, -0.15) is 0 Å². The van der Waals surface area contributed by atoms with Crippen LogP contribution in [0, 0.1) is 13.8 Å². The molecule has 4 aromatic rings. The molecular weight excluding hydrogens is 450 g/mol. The normalized spacial score (nSPS) is 10.8. The molecule has 1 amide bonds. The summed E-state index contributed by atoms with van der Waals surface area (Å²) < 4.78 is 17.1. The second-order valence-corrected chi connectivity index (χ2v) is 8.17. The lowest BCUT2D eigenvalue weighted by Crippen LogP contribution is -2.20. The number of carbonyl (C=O) groups excluding carboxylic acids is 1. The molecule has 4 rings (SSSR count). The van der Waals surface area contributed by atoms with Crippen LogP contribution in [0.4, 0.5) is 0 Å². The third-order valence-corrected chi connectivity index (χ3v) is 5.39. The van der Waals surface area contributed by atoms with Gasteiger partial charge in [-0.05, 0) is 77.6 Å². The molecule has 1 heterocycles. The van der Waals surface area contributed by atoms with Crippen LogP contribution in [0.5, 0.6) is 11.5 Å². The van der Waals surface area contributed by atoms with E-state index in [1.54, 1.807) is 24.3 Å². The lowest BCUT2D eigenvalue weighted by molar-refractivity contribution is -0.119. The first-order chi connectivity index (χ1) is 16.8. The topological polar surface area (TPSA) is 130 Å². The maximum absolute atomic E-state index is 11.6. The molecule has 3 aromatic carbocycles. The number of aryl methyl sites for hydroxylation is 2. The first kappa shape index (κ1) is 23.6. The fraction of sp³-hybridized carbons (Fsp3) is 0.192. The van der Waals surface area contributed by atoms with Crippen molar-refractivity contribution in [3.8, 4) is 22.6 Å². The molecule has 3 N–H and O–H groups in total. The van der Waals surface area contributed by atoms with Crippen LogP contribution in [0.15, 0.2) is 74.8 Å². The lowest BCUT2D eigenvalue weighted by atomic mass is 9.94. The number of aromatic amines is 1. The minimum absolute atomic E-state index is 0.144. The van der Waals surface area contributed by atoms with Crippen molar-refractivity contribution in [3.63, 3.8) is 0 Å². The number of nitrogens with zero attached hydrogens (tertiary/aromatic N) is 1. The van der Waals surface area contributed by atoms with E-state index in [0.29, 0.717) is 18.1 Å². The Bertz CT molecular complexity index is 1440. The van der Waals surface area contributed by atoms with Crippen molar-refractivity contribution in [2.45, 2.75) is 27.0 Å². The maximum atomic E-state index is 11.6. The van der Waals surface area contributed by atoms with E-state index in [9.17, 15) is 14.4 Å². The number of aromatic nitrogens is 2. The predicted octanol–water partition coefficient (Wildman–Crippen LogP) is 2.90. The van der Waals surface area contributed by atoms with Gasteiger partial charge in [-0.3, -0.25) is 4.79 Å². The Hall–Kier alpha value is -4.53. The highest BCUT2D eigenvalue weighted by Gasteiger charge is 2.10. The summed E-state index contributed by atoms with van der Waals surface area (Å²) in [6, 6.07) is 19.1. The average Bonchev–Trinajstić information content (AvgIpc) is 3.13. The Labute approximate surface area is 200 Å². The second kappa shape index (κ2) is 10.2. The summed E-state index contributed by atoms with van der Waals surface area (Å²) in [4.78, 5) is 35.7. The minimum atomic E-state index is -0.782. The van der Waals surface area contributed by atoms with E-state index in [4.69, 9.17) is 19.7 Å². The second-order valence-electron chi connectivity index (χ2n) is 8.17. The molecule has 180 valence electrons. The predicted molar refractivity (Wildman–Crippen MR) is 130 cm³/mol. The van der Waals surface area contributed by atoms with Gasteiger partial charge in [0.2, 0.25) is 0 Å². The van der Waals surface area contributed by atoms with Crippen LogP contribution in [0.2, 0.25) is 0 Å². The summed E-state index contributed by atoms with van der Waals surface area (Å²) in [5.74, 6) is -0.0227. The molecule has 0 saturated carbocycles. The zero-order valence-electron chi connectivity index (χ0n) is 19.4. The first-order valence-corrected chi connectivity index (χ1v) is 10.9. The minimum Gasteiger partial charge on any atom is -0.489 e. The van der Waals surface area contributed by atoms with Gasteiger partial charge in [-0.15, -0.1) is 4.74 Å². The number of H-pyrrole nitrogens is 1. The molecule has 0 aliphatic heterocycles. The van der Waals surface area contributed by atoms with E-state index in [-0.39, 0.29) is 13.2 Å². The molecule has 0 atom stereocenters. The van der Waals surface area contributed by atoms with Gasteiger partial charge in [0, 0.05) is 0 Å². The number of carbonyl (C=O) groups is 1. The number of nitrogens with two attached hydrogens (primary N) is 1. The van der Waals surface area contributed by atoms with Gasteiger partial charge >= 0.3 is 11.4 Å². The largest absolute Gasteiger partial charge is 0.489 e. The summed E-state index contributed by atoms with van der Waals surface area (Å²) in [7, 11) is 0. The van der Waals surface area contributed by atoms with Crippen LogP contribution in [-0.2, 0) is 17.9 Å². The summed E-state index contributed by atoms with van der Waals surface area (Å²) in [6.07, 6.45) is 0. The summed E-state index contributed by atoms with van der Waals surface area (Å²) in [6.45, 7) is 4.35. The van der Waals surface area contributed by atoms with Gasteiger partial charge in [0.15, 0.2) is 6.61 Å². The number of benzene rings is 3. The van der Waals surface area contributed by atoms with Crippen LogP contribution in [-0.4, -0.2) is 22.2 Å². The van der Waals surface area contributed by atoms with E-state index in [1.807, 2.05) is 44.2 Å². The van der Waals surface area contributed by atoms with E-state index in [1.165, 1.54) is 0 Å². The fourth-order valence-corrected chi connectivity index (χ4v) is 3.88. The summed E-state index contributed by atoms with van der Waals surface area (Å²) in [5, 5.41) is 0. The Morgan fingerprint density at radius 3 is 2.29 bits per heavy atom. The van der Waals surface area contributed by atoms with Crippen molar-refractivity contribution >= 4 is 5.91 Å². The van der Waals surface area contributed by atoms with Gasteiger partial charge in [0.1, 0.15) is 18.1 Å². The quantitative estimate of drug-likeness (QED) is 0.383. The standard InChI is InChI=1S/C26H25N3O6/c1-16-10-22(34-15-23(27)30)11-17(2)24(16)20-5-3-4-19(12-20)14-33-21-8-6-18(7-9-21)13-29-25(31)28-26(32)35-29/h3-12H,13-15H2,1-2H3,(H2,27,30)(H,28,31,32). The number of ether oxygens (including phenoxy) is 2. The highest BCUT2D eigenvalue weighted by molar-refractivity contribution is 5.76. The molecule has 0 aliphatic carbocycles. The van der Waals surface area contributed by atoms with Gasteiger partial charge < -0.3 is 19.7 Å². The Kier molecular flexibility index (Phi) is 6.86. The zero-order chi connectivity index (χ0) is 24.9. The molecular formula is C26H25N3O6. The van der Waals surface area contributed by atoms with Crippen molar-refractivity contribution < 1.29 is 18.8 Å². The Morgan fingerprint density at radius 1 is 0.943 bits per heavy atom. The third-order valence-electron chi connectivity index (χ3n) is 5.39. The first-order valence-electron chi connectivity index (χ1n) is 10.9. The van der Waals surface area contributed by atoms with Crippen molar-refractivity contribution in [2.75, 3.05) is 6.61 Å². The maximum Gasteiger partial charge on any atom is 0.440 e. The van der Waals surface area contributed by atoms with Crippen molar-refractivity contribution in [2.24, 2.45) is 5.73 Å². The van der Waals surface area contributed by atoms with E-state index >= 15 is 0 Å². The number of hydrogen-bond donors (Lipinski definition) is 2. The SMILES string of the molecule is Cc1cc(OCC(N)=O)cc(C)c1-c1cccc(COc2ccc(Cn3oc(=O)[nH]c3=O)cc2)c1. The molecule has 0 bridgehead atoms. The fourth-order valence-electron chi connectivity index (χ4n) is 3.88. The number of amides is 1. The van der Waals surface area contributed by atoms with Gasteiger partial charge in [-0.1, -0.05) is 30.3 Å². The number of rotatable bonds is 9. The average molecular weight is 476 g/mol. The monoisotopic (exact) mass is 475 g/mol. The van der Waals surface area contributed by atoms with Gasteiger partial charge in [-0.25, -0.2) is 14.6 Å². The molecule has 0 saturated heterocycles. The smallest absolute Gasteiger partial charge is 0.440 e. The summed E-state index contributed by atoms with van der Waals surface area (Å²) >= 11 is 0. The van der Waals surface area contributed by atoms with Crippen LogP contribution in [0.3, 0.4) is 0 Å². The number of nitrogens with one attached hydrogen (secondary N) is 1. The molecule has 9 nitrogen and oxygen atoms in total. The molecule has 9 heteroatoms. The van der Waals surface area contributed by atoms with Crippen molar-refractivity contribution in [3.05, 3.63) is 104 Å². The van der Waals surface area contributed by atoms with Crippen molar-refractivity contribution in [1.29, 1.82) is 0 Å². The van der Waals surface area contributed by atoms with E-state index in [0.717, 1.165) is 38.1 Å². The zero-order valence-corrected chi connectivity index (χ0v) is 19.4. The summed E-state index contributed by atoms with van der Waals surface area (Å²) in [5.41, 5.74) is 10.6. The molecule has 0 aliphatic rings. The Morgan fingerprint density at radius 2 is 1.66 bits per heavy atom. The number of hydrogen-bond acceptors (Lipinski definition) is 6. The van der Waals surface area contributed by atoms with E-state index < -0.39 is 17.4 Å². The highest BCUT2D eigenvalue weighted by atomic mass is 16.5. The molecule has 0 unspecified atom stereocenters. The van der Waals surface area contributed by atoms with Crippen LogP contribution < -0.4 is 26.7 Å². The lowest BCUT2D eigenvalue weighted by Gasteiger charge is -2.15. The molecule has 1 aromatic heterocycles. The van der Waals surface area contributed by atoms with Crippen LogP contribution >= 0.6 is 0 Å². The molecule has 35 heavy (non-hydrogen) atoms. The molecule has 0 spiro atoms. The highest BCUT2D eigenvalue weighted by Crippen LogP contribution is 2.31. The van der Waals surface area contributed by atoms with E-state index in [2.05, 4.69) is 11.1 Å². The van der Waals surface area contributed by atoms with Crippen molar-refractivity contribution in [1.82, 2.24) is 9.72 Å². The Balaban J connectivity index is 1.43. The van der Waals surface area contributed by atoms with Gasteiger partial charge in [0.05, 0.1) is 6.54 Å². The molecule has 0 fully saturated rings. The molecule has 0 radical (unpaired) electrons. The third kappa shape index (κ3) is 5.89. The number of primary amides is 1.